The lowest BCUT2D eigenvalue weighted by Crippen LogP contribution is -2.29. The molecule has 1 amide bonds. The van der Waals surface area contributed by atoms with Gasteiger partial charge in [0.15, 0.2) is 0 Å². The summed E-state index contributed by atoms with van der Waals surface area (Å²) in [5.74, 6) is 1.63. The molecular weight excluding hydrogens is 244 g/mol. The molecule has 2 aliphatic heterocycles. The molecule has 0 bridgehead atoms. The molecule has 3 heterocycles. The largest absolute Gasteiger partial charge is 0.370 e. The number of fused-ring (bicyclic) bond motifs is 1. The van der Waals surface area contributed by atoms with Gasteiger partial charge in [-0.2, -0.15) is 9.97 Å². The van der Waals surface area contributed by atoms with Crippen LogP contribution in [0.3, 0.4) is 0 Å². The average molecular weight is 262 g/mol. The van der Waals surface area contributed by atoms with E-state index in [1.165, 1.54) is 0 Å². The number of hydrogen-bond donors (Lipinski definition) is 3. The van der Waals surface area contributed by atoms with Gasteiger partial charge in [-0.3, -0.25) is 4.79 Å². The summed E-state index contributed by atoms with van der Waals surface area (Å²) in [6.07, 6.45) is 2.78. The number of aromatic nitrogens is 2. The second-order valence-corrected chi connectivity index (χ2v) is 5.10. The Morgan fingerprint density at radius 2 is 2.26 bits per heavy atom. The van der Waals surface area contributed by atoms with Crippen molar-refractivity contribution in [2.45, 2.75) is 19.3 Å². The highest BCUT2D eigenvalue weighted by molar-refractivity contribution is 5.78. The van der Waals surface area contributed by atoms with E-state index in [9.17, 15) is 4.79 Å². The quantitative estimate of drug-likeness (QED) is 0.676. The van der Waals surface area contributed by atoms with Gasteiger partial charge in [-0.25, -0.2) is 0 Å². The molecule has 1 atom stereocenters. The minimum atomic E-state index is -0.239. The van der Waals surface area contributed by atoms with Crippen LogP contribution < -0.4 is 21.7 Å². The normalized spacial score (nSPS) is 21.9. The van der Waals surface area contributed by atoms with Crippen LogP contribution in [0.15, 0.2) is 0 Å². The molecule has 1 aromatic rings. The highest BCUT2D eigenvalue weighted by atomic mass is 16.1. The fraction of sp³-hybridized carbons (Fsp3) is 0.583. The number of carbonyl (C=O) groups excluding carboxylic acids is 1. The molecule has 0 radical (unpaired) electrons. The van der Waals surface area contributed by atoms with Gasteiger partial charge in [0, 0.05) is 25.2 Å². The van der Waals surface area contributed by atoms with Gasteiger partial charge in [0.25, 0.3) is 0 Å². The van der Waals surface area contributed by atoms with E-state index in [1.54, 1.807) is 0 Å². The van der Waals surface area contributed by atoms with Crippen molar-refractivity contribution >= 4 is 23.5 Å². The summed E-state index contributed by atoms with van der Waals surface area (Å²) in [7, 11) is 0. The summed E-state index contributed by atoms with van der Waals surface area (Å²) < 4.78 is 0. The second kappa shape index (κ2) is 4.56. The number of nitrogens with one attached hydrogen (secondary N) is 1. The van der Waals surface area contributed by atoms with Gasteiger partial charge in [-0.1, -0.05) is 0 Å². The SMILES string of the molecule is NC(=O)C1CCN(c2nc(N)nc3c2CCCN3)C1. The molecule has 0 aliphatic carbocycles. The number of nitrogens with zero attached hydrogens (tertiary/aromatic N) is 3. The van der Waals surface area contributed by atoms with Crippen LogP contribution >= 0.6 is 0 Å². The van der Waals surface area contributed by atoms with E-state index in [0.717, 1.165) is 49.6 Å². The van der Waals surface area contributed by atoms with Crippen molar-refractivity contribution < 1.29 is 4.79 Å². The summed E-state index contributed by atoms with van der Waals surface area (Å²) >= 11 is 0. The van der Waals surface area contributed by atoms with E-state index in [2.05, 4.69) is 20.2 Å². The summed E-state index contributed by atoms with van der Waals surface area (Å²) in [4.78, 5) is 22.0. The van der Waals surface area contributed by atoms with E-state index in [4.69, 9.17) is 11.5 Å². The monoisotopic (exact) mass is 262 g/mol. The van der Waals surface area contributed by atoms with Crippen LogP contribution in [0.25, 0.3) is 0 Å². The third-order valence-corrected chi connectivity index (χ3v) is 3.79. The molecule has 0 saturated carbocycles. The van der Waals surface area contributed by atoms with Gasteiger partial charge in [0.2, 0.25) is 11.9 Å². The minimum absolute atomic E-state index is 0.0941. The lowest BCUT2D eigenvalue weighted by molar-refractivity contribution is -0.121. The van der Waals surface area contributed by atoms with Gasteiger partial charge in [-0.15, -0.1) is 0 Å². The zero-order chi connectivity index (χ0) is 13.4. The Hall–Kier alpha value is -2.05. The van der Waals surface area contributed by atoms with Gasteiger partial charge in [-0.05, 0) is 19.3 Å². The molecule has 1 saturated heterocycles. The highest BCUT2D eigenvalue weighted by Crippen LogP contribution is 2.32. The molecular formula is C12H18N6O. The van der Waals surface area contributed by atoms with Crippen molar-refractivity contribution in [3.8, 4) is 0 Å². The first-order chi connectivity index (χ1) is 9.15. The Balaban J connectivity index is 1.92. The van der Waals surface area contributed by atoms with Gasteiger partial charge >= 0.3 is 0 Å². The zero-order valence-electron chi connectivity index (χ0n) is 10.7. The fourth-order valence-corrected chi connectivity index (χ4v) is 2.78. The molecule has 5 N–H and O–H groups in total. The van der Waals surface area contributed by atoms with Crippen molar-refractivity contribution in [1.29, 1.82) is 0 Å². The van der Waals surface area contributed by atoms with Crippen molar-refractivity contribution in [2.75, 3.05) is 35.6 Å². The molecule has 1 unspecified atom stereocenters. The van der Waals surface area contributed by atoms with Crippen molar-refractivity contribution in [1.82, 2.24) is 9.97 Å². The van der Waals surface area contributed by atoms with Crippen LogP contribution in [0.4, 0.5) is 17.6 Å². The van der Waals surface area contributed by atoms with E-state index in [0.29, 0.717) is 6.54 Å². The predicted molar refractivity (Wildman–Crippen MR) is 72.8 cm³/mol. The predicted octanol–water partition coefficient (Wildman–Crippen LogP) is -0.271. The molecule has 7 heteroatoms. The first-order valence-corrected chi connectivity index (χ1v) is 6.59. The summed E-state index contributed by atoms with van der Waals surface area (Å²) in [6.45, 7) is 2.32. The summed E-state index contributed by atoms with van der Waals surface area (Å²) in [6, 6.07) is 0. The summed E-state index contributed by atoms with van der Waals surface area (Å²) in [5.41, 5.74) is 12.2. The molecule has 3 rings (SSSR count). The first kappa shape index (κ1) is 12.0. The molecule has 19 heavy (non-hydrogen) atoms. The Bertz CT molecular complexity index is 517. The number of primary amides is 1. The van der Waals surface area contributed by atoms with Crippen molar-refractivity contribution in [3.63, 3.8) is 0 Å². The number of nitrogens with two attached hydrogens (primary N) is 2. The van der Waals surface area contributed by atoms with Crippen molar-refractivity contribution in [3.05, 3.63) is 5.56 Å². The fourth-order valence-electron chi connectivity index (χ4n) is 2.78. The minimum Gasteiger partial charge on any atom is -0.370 e. The highest BCUT2D eigenvalue weighted by Gasteiger charge is 2.30. The van der Waals surface area contributed by atoms with Crippen LogP contribution in [-0.4, -0.2) is 35.5 Å². The van der Waals surface area contributed by atoms with Crippen LogP contribution in [0, 0.1) is 5.92 Å². The number of amides is 1. The molecule has 1 fully saturated rings. The Labute approximate surface area is 111 Å². The molecule has 2 aliphatic rings. The first-order valence-electron chi connectivity index (χ1n) is 6.59. The summed E-state index contributed by atoms with van der Waals surface area (Å²) in [5, 5.41) is 3.25. The van der Waals surface area contributed by atoms with E-state index >= 15 is 0 Å². The van der Waals surface area contributed by atoms with Crippen molar-refractivity contribution in [2.24, 2.45) is 11.7 Å². The zero-order valence-corrected chi connectivity index (χ0v) is 10.7. The Kier molecular flexibility index (Phi) is 2.88. The van der Waals surface area contributed by atoms with Crippen LogP contribution in [0.1, 0.15) is 18.4 Å². The Morgan fingerprint density at radius 1 is 1.42 bits per heavy atom. The molecule has 102 valence electrons. The third kappa shape index (κ3) is 2.16. The molecule has 7 nitrogen and oxygen atoms in total. The van der Waals surface area contributed by atoms with Crippen LogP contribution in [0.5, 0.6) is 0 Å². The smallest absolute Gasteiger partial charge is 0.223 e. The van der Waals surface area contributed by atoms with Gasteiger partial charge in [0.05, 0.1) is 5.92 Å². The van der Waals surface area contributed by atoms with Crippen LogP contribution in [0.2, 0.25) is 0 Å². The maximum absolute atomic E-state index is 11.3. The molecule has 0 spiro atoms. The van der Waals surface area contributed by atoms with E-state index in [-0.39, 0.29) is 17.8 Å². The molecule has 1 aromatic heterocycles. The van der Waals surface area contributed by atoms with Crippen LogP contribution in [-0.2, 0) is 11.2 Å². The number of rotatable bonds is 2. The molecule has 0 aromatic carbocycles. The third-order valence-electron chi connectivity index (χ3n) is 3.79. The van der Waals surface area contributed by atoms with E-state index in [1.807, 2.05) is 0 Å². The van der Waals surface area contributed by atoms with Gasteiger partial charge < -0.3 is 21.7 Å². The lowest BCUT2D eigenvalue weighted by atomic mass is 10.1. The number of hydrogen-bond acceptors (Lipinski definition) is 6. The number of nitrogen functional groups attached to an aromatic ring is 1. The topological polar surface area (TPSA) is 110 Å². The average Bonchev–Trinajstić information content (AvgIpc) is 2.87. The standard InChI is InChI=1S/C12H18N6O/c13-9(19)7-3-5-18(6-7)11-8-2-1-4-15-10(8)16-12(14)17-11/h7H,1-6H2,(H2,13,19)(H3,14,15,16,17). The number of carbonyl (C=O) groups is 1. The maximum Gasteiger partial charge on any atom is 0.223 e. The Morgan fingerprint density at radius 3 is 3.00 bits per heavy atom. The van der Waals surface area contributed by atoms with Gasteiger partial charge in [0.1, 0.15) is 11.6 Å². The number of anilines is 3. The maximum atomic E-state index is 11.3. The second-order valence-electron chi connectivity index (χ2n) is 5.10. The lowest BCUT2D eigenvalue weighted by Gasteiger charge is -2.25. The van der Waals surface area contributed by atoms with E-state index < -0.39 is 0 Å².